The van der Waals surface area contributed by atoms with Gasteiger partial charge in [0.15, 0.2) is 6.61 Å². The number of carbonyl (C=O) groups is 2. The maximum absolute atomic E-state index is 12.7. The molecule has 142 valence electrons. The van der Waals surface area contributed by atoms with Crippen LogP contribution in [0, 0.1) is 6.92 Å². The summed E-state index contributed by atoms with van der Waals surface area (Å²) in [5, 5.41) is 2.77. The van der Waals surface area contributed by atoms with Crippen LogP contribution in [-0.2, 0) is 9.53 Å². The Morgan fingerprint density at radius 3 is 2.67 bits per heavy atom. The first kappa shape index (κ1) is 19.4. The third-order valence-electron chi connectivity index (χ3n) is 4.18. The number of aryl methyl sites for hydroxylation is 1. The molecule has 3 rings (SSSR count). The fraction of sp³-hybridized carbons (Fsp3) is 0.300. The lowest BCUT2D eigenvalue weighted by Gasteiger charge is -2.27. The van der Waals surface area contributed by atoms with E-state index in [-0.39, 0.29) is 18.4 Å². The normalized spacial score (nSPS) is 13.9. The Morgan fingerprint density at radius 2 is 1.93 bits per heavy atom. The zero-order valence-electron chi connectivity index (χ0n) is 15.0. The molecule has 1 saturated heterocycles. The van der Waals surface area contributed by atoms with Crippen molar-refractivity contribution in [3.8, 4) is 5.75 Å². The van der Waals surface area contributed by atoms with Gasteiger partial charge in [0, 0.05) is 13.1 Å². The SMILES string of the molecule is Cc1ccc(OCC(=O)Nc2ccccc2C(=O)N2CCOCC2)c(Br)c1. The van der Waals surface area contributed by atoms with E-state index in [1.165, 1.54) is 0 Å². The van der Waals surface area contributed by atoms with E-state index < -0.39 is 0 Å². The van der Waals surface area contributed by atoms with Crippen molar-refractivity contribution < 1.29 is 19.1 Å². The Kier molecular flexibility index (Phi) is 6.47. The van der Waals surface area contributed by atoms with Crippen molar-refractivity contribution in [2.75, 3.05) is 38.2 Å². The van der Waals surface area contributed by atoms with Gasteiger partial charge in [0.25, 0.3) is 11.8 Å². The molecule has 2 aromatic carbocycles. The van der Waals surface area contributed by atoms with E-state index in [2.05, 4.69) is 21.2 Å². The Hall–Kier alpha value is -2.38. The molecule has 0 bridgehead atoms. The third kappa shape index (κ3) is 5.08. The summed E-state index contributed by atoms with van der Waals surface area (Å²) in [6.07, 6.45) is 0. The first-order valence-corrected chi connectivity index (χ1v) is 9.49. The molecular weight excluding hydrogens is 412 g/mol. The van der Waals surface area contributed by atoms with Gasteiger partial charge in [0.05, 0.1) is 28.9 Å². The summed E-state index contributed by atoms with van der Waals surface area (Å²) in [6.45, 7) is 3.97. The number of nitrogens with one attached hydrogen (secondary N) is 1. The quantitative estimate of drug-likeness (QED) is 0.787. The van der Waals surface area contributed by atoms with Gasteiger partial charge in [-0.05, 0) is 52.7 Å². The maximum Gasteiger partial charge on any atom is 0.262 e. The van der Waals surface area contributed by atoms with Crippen molar-refractivity contribution in [2.24, 2.45) is 0 Å². The molecule has 1 fully saturated rings. The number of nitrogens with zero attached hydrogens (tertiary/aromatic N) is 1. The molecular formula is C20H21BrN2O4. The molecule has 0 atom stereocenters. The number of carbonyl (C=O) groups excluding carboxylic acids is 2. The molecule has 6 nitrogen and oxygen atoms in total. The molecule has 27 heavy (non-hydrogen) atoms. The van der Waals surface area contributed by atoms with Gasteiger partial charge in [0.1, 0.15) is 5.75 Å². The smallest absolute Gasteiger partial charge is 0.262 e. The first-order valence-electron chi connectivity index (χ1n) is 8.69. The van der Waals surface area contributed by atoms with Gasteiger partial charge >= 0.3 is 0 Å². The van der Waals surface area contributed by atoms with E-state index in [1.807, 2.05) is 25.1 Å². The van der Waals surface area contributed by atoms with Gasteiger partial charge in [-0.25, -0.2) is 0 Å². The first-order chi connectivity index (χ1) is 13.0. The number of benzene rings is 2. The molecule has 0 aliphatic carbocycles. The topological polar surface area (TPSA) is 67.9 Å². The summed E-state index contributed by atoms with van der Waals surface area (Å²) in [5.41, 5.74) is 2.03. The predicted octanol–water partition coefficient (Wildman–Crippen LogP) is 3.25. The van der Waals surface area contributed by atoms with Crippen molar-refractivity contribution in [1.82, 2.24) is 4.90 Å². The van der Waals surface area contributed by atoms with Crippen molar-refractivity contribution in [3.63, 3.8) is 0 Å². The zero-order valence-corrected chi connectivity index (χ0v) is 16.6. The molecule has 1 heterocycles. The standard InChI is InChI=1S/C20H21BrN2O4/c1-14-6-7-18(16(21)12-14)27-13-19(24)22-17-5-3-2-4-15(17)20(25)23-8-10-26-11-9-23/h2-7,12H,8-11,13H2,1H3,(H,22,24). The Bertz CT molecular complexity index is 834. The van der Waals surface area contributed by atoms with Crippen molar-refractivity contribution >= 4 is 33.4 Å². The number of halogens is 1. The monoisotopic (exact) mass is 432 g/mol. The summed E-state index contributed by atoms with van der Waals surface area (Å²) >= 11 is 3.42. The minimum atomic E-state index is -0.329. The number of ether oxygens (including phenoxy) is 2. The van der Waals surface area contributed by atoms with Crippen LogP contribution in [0.2, 0.25) is 0 Å². The highest BCUT2D eigenvalue weighted by Crippen LogP contribution is 2.25. The third-order valence-corrected chi connectivity index (χ3v) is 4.80. The van der Waals surface area contributed by atoms with Crippen molar-refractivity contribution in [2.45, 2.75) is 6.92 Å². The highest BCUT2D eigenvalue weighted by Gasteiger charge is 2.21. The molecule has 2 aromatic rings. The van der Waals surface area contributed by atoms with Crippen LogP contribution in [0.25, 0.3) is 0 Å². The average molecular weight is 433 g/mol. The number of para-hydroxylation sites is 1. The van der Waals surface area contributed by atoms with Crippen LogP contribution < -0.4 is 10.1 Å². The molecule has 0 spiro atoms. The second-order valence-electron chi connectivity index (χ2n) is 6.22. The van der Waals surface area contributed by atoms with E-state index in [0.717, 1.165) is 10.0 Å². The van der Waals surface area contributed by atoms with E-state index in [9.17, 15) is 9.59 Å². The molecule has 0 radical (unpaired) electrons. The molecule has 0 aromatic heterocycles. The minimum absolute atomic E-state index is 0.114. The van der Waals surface area contributed by atoms with E-state index in [4.69, 9.17) is 9.47 Å². The Morgan fingerprint density at radius 1 is 1.19 bits per heavy atom. The van der Waals surface area contributed by atoms with Gasteiger partial charge in [-0.3, -0.25) is 9.59 Å². The van der Waals surface area contributed by atoms with Crippen molar-refractivity contribution in [1.29, 1.82) is 0 Å². The van der Waals surface area contributed by atoms with Gasteiger partial charge in [-0.2, -0.15) is 0 Å². The average Bonchev–Trinajstić information content (AvgIpc) is 2.68. The van der Waals surface area contributed by atoms with Crippen LogP contribution in [0.5, 0.6) is 5.75 Å². The molecule has 1 aliphatic rings. The molecule has 0 unspecified atom stereocenters. The van der Waals surface area contributed by atoms with E-state index in [0.29, 0.717) is 43.3 Å². The molecule has 1 N–H and O–H groups in total. The summed E-state index contributed by atoms with van der Waals surface area (Å²) in [7, 11) is 0. The van der Waals surface area contributed by atoms with E-state index in [1.54, 1.807) is 29.2 Å². The van der Waals surface area contributed by atoms with Crippen LogP contribution in [0.3, 0.4) is 0 Å². The summed E-state index contributed by atoms with van der Waals surface area (Å²) < 4.78 is 11.6. The largest absolute Gasteiger partial charge is 0.483 e. The van der Waals surface area contributed by atoms with Crippen LogP contribution in [0.15, 0.2) is 46.9 Å². The fourth-order valence-electron chi connectivity index (χ4n) is 2.77. The highest BCUT2D eigenvalue weighted by molar-refractivity contribution is 9.10. The maximum atomic E-state index is 12.7. The lowest BCUT2D eigenvalue weighted by Crippen LogP contribution is -2.41. The molecule has 2 amide bonds. The van der Waals surface area contributed by atoms with Crippen LogP contribution in [0.4, 0.5) is 5.69 Å². The van der Waals surface area contributed by atoms with E-state index >= 15 is 0 Å². The molecule has 1 aliphatic heterocycles. The molecule has 0 saturated carbocycles. The second kappa shape index (κ2) is 9.01. The summed E-state index contributed by atoms with van der Waals surface area (Å²) in [4.78, 5) is 26.8. The van der Waals surface area contributed by atoms with Gasteiger partial charge in [0.2, 0.25) is 0 Å². The highest BCUT2D eigenvalue weighted by atomic mass is 79.9. The van der Waals surface area contributed by atoms with Gasteiger partial charge in [-0.15, -0.1) is 0 Å². The minimum Gasteiger partial charge on any atom is -0.483 e. The Balaban J connectivity index is 1.64. The second-order valence-corrected chi connectivity index (χ2v) is 7.08. The summed E-state index contributed by atoms with van der Waals surface area (Å²) in [5.74, 6) is 0.148. The molecule has 7 heteroatoms. The summed E-state index contributed by atoms with van der Waals surface area (Å²) in [6, 6.07) is 12.6. The van der Waals surface area contributed by atoms with Crippen LogP contribution in [-0.4, -0.2) is 49.6 Å². The number of amides is 2. The van der Waals surface area contributed by atoms with Gasteiger partial charge in [-0.1, -0.05) is 18.2 Å². The number of morpholine rings is 1. The number of anilines is 1. The number of hydrogen-bond donors (Lipinski definition) is 1. The number of hydrogen-bond acceptors (Lipinski definition) is 4. The fourth-order valence-corrected chi connectivity index (χ4v) is 3.38. The predicted molar refractivity (Wildman–Crippen MR) is 106 cm³/mol. The van der Waals surface area contributed by atoms with Gasteiger partial charge < -0.3 is 19.7 Å². The number of rotatable bonds is 5. The lowest BCUT2D eigenvalue weighted by atomic mass is 10.1. The zero-order chi connectivity index (χ0) is 19.2. The van der Waals surface area contributed by atoms with Crippen molar-refractivity contribution in [3.05, 3.63) is 58.1 Å². The van der Waals surface area contributed by atoms with Crippen LogP contribution >= 0.6 is 15.9 Å². The Labute approximate surface area is 166 Å². The lowest BCUT2D eigenvalue weighted by molar-refractivity contribution is -0.118. The van der Waals surface area contributed by atoms with Crippen LogP contribution in [0.1, 0.15) is 15.9 Å².